The van der Waals surface area contributed by atoms with E-state index < -0.39 is 11.9 Å². The van der Waals surface area contributed by atoms with Crippen molar-refractivity contribution in [2.75, 3.05) is 18.5 Å². The third-order valence-corrected chi connectivity index (χ3v) is 10.1. The number of carbonyl (C=O) groups is 6. The van der Waals surface area contributed by atoms with Gasteiger partial charge in [-0.05, 0) is 72.7 Å². The zero-order valence-corrected chi connectivity index (χ0v) is 30.1. The number of Topliss-reactive ketones (excluding diaryl/α,β-unsaturated/α-hetero) is 1. The Balaban J connectivity index is 0.901. The number of anilines is 1. The van der Waals surface area contributed by atoms with Gasteiger partial charge in [0.05, 0.1) is 12.2 Å². The van der Waals surface area contributed by atoms with E-state index in [-0.39, 0.29) is 86.1 Å². The fourth-order valence-electron chi connectivity index (χ4n) is 6.01. The largest absolute Gasteiger partial charge is 0.485 e. The maximum Gasteiger partial charge on any atom is 0.304 e. The van der Waals surface area contributed by atoms with Crippen molar-refractivity contribution < 1.29 is 33.5 Å². The predicted molar refractivity (Wildman–Crippen MR) is 200 cm³/mol. The molecule has 2 aliphatic heterocycles. The van der Waals surface area contributed by atoms with E-state index in [1.807, 2.05) is 23.6 Å². The number of thiophene rings is 1. The van der Waals surface area contributed by atoms with Crippen molar-refractivity contribution >= 4 is 74.9 Å². The molecular formula is C37H36N6O8S2. The summed E-state index contributed by atoms with van der Waals surface area (Å²) in [5.41, 5.74) is 3.60. The highest BCUT2D eigenvalue weighted by molar-refractivity contribution is 7.13. The Hall–Kier alpha value is -5.74. The summed E-state index contributed by atoms with van der Waals surface area (Å²) in [6.45, 7) is 0.195. The van der Waals surface area contributed by atoms with Crippen molar-refractivity contribution in [3.05, 3.63) is 85.6 Å². The van der Waals surface area contributed by atoms with Crippen molar-refractivity contribution in [2.24, 2.45) is 4.99 Å². The molecule has 16 heteroatoms. The first kappa shape index (κ1) is 37.0. The number of rotatable bonds is 16. The zero-order chi connectivity index (χ0) is 37.3. The second-order valence-electron chi connectivity index (χ2n) is 12.5. The van der Waals surface area contributed by atoms with Crippen molar-refractivity contribution in [2.45, 2.75) is 57.5 Å². The number of aromatic amines is 1. The summed E-state index contributed by atoms with van der Waals surface area (Å²) < 4.78 is 5.77. The average Bonchev–Trinajstić information content (AvgIpc) is 3.89. The van der Waals surface area contributed by atoms with Crippen LogP contribution in [0.15, 0.2) is 69.1 Å². The van der Waals surface area contributed by atoms with Gasteiger partial charge in [0.1, 0.15) is 23.4 Å². The molecule has 4 N–H and O–H groups in total. The molecule has 14 nitrogen and oxygen atoms in total. The van der Waals surface area contributed by atoms with Crippen molar-refractivity contribution in [1.29, 1.82) is 0 Å². The maximum absolute atomic E-state index is 13.0. The maximum atomic E-state index is 13.0. The third kappa shape index (κ3) is 9.78. The van der Waals surface area contributed by atoms with Crippen molar-refractivity contribution in [3.63, 3.8) is 0 Å². The molecule has 53 heavy (non-hydrogen) atoms. The van der Waals surface area contributed by atoms with E-state index in [2.05, 4.69) is 25.9 Å². The number of hydrogen-bond donors (Lipinski definition) is 4. The van der Waals surface area contributed by atoms with Crippen LogP contribution < -0.4 is 25.6 Å². The van der Waals surface area contributed by atoms with Crippen LogP contribution in [0.3, 0.4) is 0 Å². The number of H-pyrrole nitrogens is 1. The summed E-state index contributed by atoms with van der Waals surface area (Å²) in [7, 11) is 0. The van der Waals surface area contributed by atoms with Gasteiger partial charge in [-0.2, -0.15) is 0 Å². The Kier molecular flexibility index (Phi) is 12.0. The molecule has 4 heterocycles. The number of aromatic nitrogens is 1. The summed E-state index contributed by atoms with van der Waals surface area (Å²) >= 11 is 2.55. The van der Waals surface area contributed by atoms with Crippen molar-refractivity contribution in [3.8, 4) is 17.0 Å². The number of aliphatic imine (C=N–C) groups is 1. The molecule has 0 spiro atoms. The molecule has 1 saturated heterocycles. The number of fused-ring (bicyclic) bond motifs is 1. The van der Waals surface area contributed by atoms with Crippen LogP contribution in [0.2, 0.25) is 0 Å². The van der Waals surface area contributed by atoms with E-state index in [0.29, 0.717) is 41.1 Å². The average molecular weight is 757 g/mol. The third-order valence-electron chi connectivity index (χ3n) is 8.61. The van der Waals surface area contributed by atoms with Gasteiger partial charge in [-0.25, -0.2) is 4.99 Å². The first-order chi connectivity index (χ1) is 25.6. The van der Waals surface area contributed by atoms with E-state index in [1.165, 1.54) is 16.2 Å². The molecule has 2 aliphatic rings. The number of hydrogen-bond acceptors (Lipinski definition) is 11. The minimum absolute atomic E-state index is 0.113. The Morgan fingerprint density at radius 1 is 0.981 bits per heavy atom. The van der Waals surface area contributed by atoms with Gasteiger partial charge >= 0.3 is 4.87 Å². The van der Waals surface area contributed by atoms with Gasteiger partial charge in [0, 0.05) is 66.2 Å². The number of imide groups is 1. The molecule has 274 valence electrons. The Morgan fingerprint density at radius 2 is 1.83 bits per heavy atom. The normalized spacial score (nSPS) is 15.4. The summed E-state index contributed by atoms with van der Waals surface area (Å²) in [5.74, 6) is -1.50. The summed E-state index contributed by atoms with van der Waals surface area (Å²) in [4.78, 5) is 94.9. The minimum Gasteiger partial charge on any atom is -0.485 e. The smallest absolute Gasteiger partial charge is 0.304 e. The number of nitrogens with zero attached hydrogens (tertiary/aromatic N) is 2. The van der Waals surface area contributed by atoms with Crippen LogP contribution in [0.4, 0.5) is 10.7 Å². The highest BCUT2D eigenvalue weighted by Crippen LogP contribution is 2.33. The fraction of sp³-hybridized carbons (Fsp3) is 0.297. The predicted octanol–water partition coefficient (Wildman–Crippen LogP) is 4.33. The van der Waals surface area contributed by atoms with Gasteiger partial charge in [-0.15, -0.1) is 11.3 Å². The van der Waals surface area contributed by atoms with Crippen LogP contribution in [-0.4, -0.2) is 70.6 Å². The molecule has 4 aromatic rings. The van der Waals surface area contributed by atoms with E-state index in [1.54, 1.807) is 41.9 Å². The second-order valence-corrected chi connectivity index (χ2v) is 14.2. The molecule has 1 fully saturated rings. The van der Waals surface area contributed by atoms with Gasteiger partial charge in [0.15, 0.2) is 5.78 Å². The van der Waals surface area contributed by atoms with Crippen LogP contribution in [0, 0.1) is 0 Å². The highest BCUT2D eigenvalue weighted by Gasteiger charge is 2.40. The van der Waals surface area contributed by atoms with E-state index in [4.69, 9.17) is 4.74 Å². The quantitative estimate of drug-likeness (QED) is 0.0737. The molecule has 0 aliphatic carbocycles. The summed E-state index contributed by atoms with van der Waals surface area (Å²) in [5, 5.41) is 12.4. The van der Waals surface area contributed by atoms with E-state index >= 15 is 0 Å². The lowest BCUT2D eigenvalue weighted by atomic mass is 10.0. The molecule has 5 amide bonds. The SMILES string of the molecule is O=C(CCCNC(=O)CCCC(=O)Nc1cc(C=Nc2cccs2)cc(-c2csc(=O)[nH]2)c1)COc1cccc2c1CN(C1CCC(=O)NC1=O)C2=O. The molecule has 0 radical (unpaired) electrons. The molecule has 1 unspecified atom stereocenters. The Labute approximate surface area is 311 Å². The monoisotopic (exact) mass is 756 g/mol. The molecule has 0 bridgehead atoms. The molecule has 2 aromatic carbocycles. The van der Waals surface area contributed by atoms with Crippen molar-refractivity contribution in [1.82, 2.24) is 20.5 Å². The first-order valence-corrected chi connectivity index (χ1v) is 18.8. The van der Waals surface area contributed by atoms with Gasteiger partial charge in [0.25, 0.3) is 5.91 Å². The number of thiazole rings is 1. The molecule has 0 saturated carbocycles. The highest BCUT2D eigenvalue weighted by atomic mass is 32.1. The van der Waals surface area contributed by atoms with Gasteiger partial charge in [-0.3, -0.25) is 38.9 Å². The topological polar surface area (TPSA) is 196 Å². The van der Waals surface area contributed by atoms with Crippen LogP contribution in [0.5, 0.6) is 5.75 Å². The van der Waals surface area contributed by atoms with Crippen LogP contribution in [0.25, 0.3) is 11.3 Å². The van der Waals surface area contributed by atoms with Crippen LogP contribution in [-0.2, 0) is 30.5 Å². The number of nitrogens with one attached hydrogen (secondary N) is 4. The summed E-state index contributed by atoms with van der Waals surface area (Å²) in [6, 6.07) is 13.4. The van der Waals surface area contributed by atoms with E-state index in [9.17, 15) is 33.6 Å². The van der Waals surface area contributed by atoms with Gasteiger partial charge < -0.3 is 25.3 Å². The standard InChI is InChI=1S/C37H36N6O8S2/c44-25(20-51-30-7-1-6-26-27(30)19-43(36(26)49)29-11-12-33(47)42-35(29)48)5-3-13-38-31(45)8-2-9-32(46)40-24-16-22(18-39-34-10-4-14-52-34)15-23(17-24)28-21-53-37(50)41-28/h1,4,6-7,10,14-18,21,29H,2-3,5,8-9,11-13,19-20H2,(H,38,45)(H,40,46)(H,41,50)(H,42,47,48). The van der Waals surface area contributed by atoms with Crippen LogP contribution >= 0.6 is 22.7 Å². The Bertz CT molecular complexity index is 2120. The fourth-order valence-corrected chi connectivity index (χ4v) is 7.17. The Morgan fingerprint density at radius 3 is 2.60 bits per heavy atom. The zero-order valence-electron chi connectivity index (χ0n) is 28.5. The number of ether oxygens (including phenoxy) is 1. The lowest BCUT2D eigenvalue weighted by Gasteiger charge is -2.29. The number of piperidine rings is 1. The minimum atomic E-state index is -0.750. The van der Waals surface area contributed by atoms with Crippen LogP contribution in [0.1, 0.15) is 66.4 Å². The lowest BCUT2D eigenvalue weighted by molar-refractivity contribution is -0.137. The number of carbonyl (C=O) groups excluding carboxylic acids is 6. The molecule has 1 atom stereocenters. The molecule has 6 rings (SSSR count). The summed E-state index contributed by atoms with van der Waals surface area (Å²) in [6.07, 6.45) is 3.21. The lowest BCUT2D eigenvalue weighted by Crippen LogP contribution is -2.52. The number of benzene rings is 2. The molecule has 2 aromatic heterocycles. The first-order valence-electron chi connectivity index (χ1n) is 17.0. The number of ketones is 1. The van der Waals surface area contributed by atoms with Gasteiger partial charge in [0.2, 0.25) is 23.6 Å². The van der Waals surface area contributed by atoms with E-state index in [0.717, 1.165) is 27.5 Å². The molecular weight excluding hydrogens is 721 g/mol. The number of amides is 5. The van der Waals surface area contributed by atoms with Gasteiger partial charge in [-0.1, -0.05) is 17.4 Å². The second kappa shape index (κ2) is 17.2.